The second-order valence-corrected chi connectivity index (χ2v) is 2.40. The first-order chi connectivity index (χ1) is 6.38. The van der Waals surface area contributed by atoms with Crippen LogP contribution in [0.25, 0.3) is 0 Å². The van der Waals surface area contributed by atoms with Crippen molar-refractivity contribution in [2.45, 2.75) is 13.1 Å². The summed E-state index contributed by atoms with van der Waals surface area (Å²) >= 11 is 0. The normalized spacial score (nSPS) is 10.5. The van der Waals surface area contributed by atoms with Crippen LogP contribution in [-0.2, 0) is 13.1 Å². The van der Waals surface area contributed by atoms with E-state index in [1.165, 1.54) is 6.33 Å². The summed E-state index contributed by atoms with van der Waals surface area (Å²) in [6.45, 7) is 0.702. The summed E-state index contributed by atoms with van der Waals surface area (Å²) in [5, 5.41) is 7.61. The van der Waals surface area contributed by atoms with Crippen LogP contribution >= 0.6 is 0 Å². The summed E-state index contributed by atoms with van der Waals surface area (Å²) in [5.41, 5.74) is 5.31. The maximum atomic E-state index is 5.31. The average molecular weight is 180 g/mol. The van der Waals surface area contributed by atoms with E-state index in [4.69, 9.17) is 10.3 Å². The Labute approximate surface area is 73.6 Å². The highest BCUT2D eigenvalue weighted by Gasteiger charge is 2.04. The molecule has 13 heavy (non-hydrogen) atoms. The maximum absolute atomic E-state index is 5.31. The molecule has 0 amide bonds. The number of rotatable bonds is 3. The molecule has 0 unspecified atom stereocenters. The van der Waals surface area contributed by atoms with E-state index in [1.807, 2.05) is 0 Å². The third-order valence-electron chi connectivity index (χ3n) is 1.45. The highest BCUT2D eigenvalue weighted by atomic mass is 16.5. The van der Waals surface area contributed by atoms with E-state index in [0.717, 1.165) is 0 Å². The SMILES string of the molecule is NCc1nc(Cn2cncn2)no1. The van der Waals surface area contributed by atoms with Crippen LogP contribution in [0, 0.1) is 0 Å². The van der Waals surface area contributed by atoms with Crippen molar-refractivity contribution in [2.75, 3.05) is 0 Å². The van der Waals surface area contributed by atoms with Gasteiger partial charge in [-0.1, -0.05) is 5.16 Å². The predicted octanol–water partition coefficient (Wildman–Crippen LogP) is -0.832. The molecule has 2 N–H and O–H groups in total. The van der Waals surface area contributed by atoms with Crippen molar-refractivity contribution in [1.82, 2.24) is 24.9 Å². The Morgan fingerprint density at radius 2 is 2.46 bits per heavy atom. The molecule has 7 heteroatoms. The zero-order valence-electron chi connectivity index (χ0n) is 6.79. The quantitative estimate of drug-likeness (QED) is 0.662. The molecule has 0 saturated heterocycles. The summed E-state index contributed by atoms with van der Waals surface area (Å²) in [6, 6.07) is 0. The van der Waals surface area contributed by atoms with Gasteiger partial charge in [0, 0.05) is 0 Å². The molecule has 0 spiro atoms. The van der Waals surface area contributed by atoms with E-state index in [-0.39, 0.29) is 6.54 Å². The molecular formula is C6H8N6O. The van der Waals surface area contributed by atoms with Gasteiger partial charge in [-0.05, 0) is 0 Å². The van der Waals surface area contributed by atoms with Crippen molar-refractivity contribution < 1.29 is 4.52 Å². The summed E-state index contributed by atoms with van der Waals surface area (Å²) < 4.78 is 6.42. The molecule has 2 aromatic heterocycles. The molecule has 0 aromatic carbocycles. The molecule has 7 nitrogen and oxygen atoms in total. The standard InChI is InChI=1S/C6H8N6O/c7-1-6-10-5(11-13-6)2-12-4-8-3-9-12/h3-4H,1-2,7H2. The van der Waals surface area contributed by atoms with Crippen LogP contribution in [-0.4, -0.2) is 24.9 Å². The van der Waals surface area contributed by atoms with E-state index in [2.05, 4.69) is 20.2 Å². The van der Waals surface area contributed by atoms with Crippen molar-refractivity contribution in [3.63, 3.8) is 0 Å². The molecule has 0 aliphatic carbocycles. The van der Waals surface area contributed by atoms with Crippen LogP contribution in [0.4, 0.5) is 0 Å². The largest absolute Gasteiger partial charge is 0.338 e. The van der Waals surface area contributed by atoms with Crippen molar-refractivity contribution in [1.29, 1.82) is 0 Å². The third kappa shape index (κ3) is 1.70. The van der Waals surface area contributed by atoms with Crippen molar-refractivity contribution in [3.8, 4) is 0 Å². The monoisotopic (exact) mass is 180 g/mol. The molecular weight excluding hydrogens is 172 g/mol. The number of nitrogens with two attached hydrogens (primary N) is 1. The van der Waals surface area contributed by atoms with Crippen LogP contribution < -0.4 is 5.73 Å². The highest BCUT2D eigenvalue weighted by Crippen LogP contribution is 1.97. The van der Waals surface area contributed by atoms with E-state index in [0.29, 0.717) is 18.3 Å². The van der Waals surface area contributed by atoms with Gasteiger partial charge in [-0.2, -0.15) is 10.1 Å². The zero-order chi connectivity index (χ0) is 9.10. The molecule has 0 saturated carbocycles. The topological polar surface area (TPSA) is 95.7 Å². The third-order valence-corrected chi connectivity index (χ3v) is 1.45. The molecule has 2 heterocycles. The second kappa shape index (κ2) is 3.31. The van der Waals surface area contributed by atoms with Crippen LogP contribution in [0.1, 0.15) is 11.7 Å². The smallest absolute Gasteiger partial charge is 0.240 e. The van der Waals surface area contributed by atoms with E-state index < -0.39 is 0 Å². The van der Waals surface area contributed by atoms with Crippen molar-refractivity contribution in [2.24, 2.45) is 5.73 Å². The highest BCUT2D eigenvalue weighted by molar-refractivity contribution is 4.85. The maximum Gasteiger partial charge on any atom is 0.240 e. The van der Waals surface area contributed by atoms with Gasteiger partial charge in [-0.3, -0.25) is 0 Å². The van der Waals surface area contributed by atoms with Gasteiger partial charge >= 0.3 is 0 Å². The van der Waals surface area contributed by atoms with Gasteiger partial charge in [-0.15, -0.1) is 0 Å². The van der Waals surface area contributed by atoms with Crippen LogP contribution in [0.15, 0.2) is 17.2 Å². The molecule has 0 atom stereocenters. The molecule has 0 bridgehead atoms. The molecule has 68 valence electrons. The van der Waals surface area contributed by atoms with Crippen LogP contribution in [0.2, 0.25) is 0 Å². The van der Waals surface area contributed by atoms with Gasteiger partial charge in [0.25, 0.3) is 0 Å². The first-order valence-corrected chi connectivity index (χ1v) is 3.72. The lowest BCUT2D eigenvalue weighted by Gasteiger charge is -1.91. The Morgan fingerprint density at radius 3 is 3.08 bits per heavy atom. The Bertz CT molecular complexity index is 366. The minimum absolute atomic E-state index is 0.254. The number of nitrogens with zero attached hydrogens (tertiary/aromatic N) is 5. The fourth-order valence-electron chi connectivity index (χ4n) is 0.897. The summed E-state index contributed by atoms with van der Waals surface area (Å²) in [4.78, 5) is 7.80. The lowest BCUT2D eigenvalue weighted by Crippen LogP contribution is -2.02. The van der Waals surface area contributed by atoms with E-state index in [1.54, 1.807) is 11.0 Å². The number of hydrogen-bond donors (Lipinski definition) is 1. The summed E-state index contributed by atoms with van der Waals surface area (Å²) in [5.74, 6) is 0.973. The predicted molar refractivity (Wildman–Crippen MR) is 41.3 cm³/mol. The van der Waals surface area contributed by atoms with Gasteiger partial charge in [0.15, 0.2) is 5.82 Å². The minimum Gasteiger partial charge on any atom is -0.338 e. The van der Waals surface area contributed by atoms with E-state index >= 15 is 0 Å². The Morgan fingerprint density at radius 1 is 1.54 bits per heavy atom. The molecule has 2 aromatic rings. The molecule has 0 aliphatic heterocycles. The zero-order valence-corrected chi connectivity index (χ0v) is 6.79. The summed E-state index contributed by atoms with van der Waals surface area (Å²) in [7, 11) is 0. The van der Waals surface area contributed by atoms with Gasteiger partial charge in [-0.25, -0.2) is 9.67 Å². The van der Waals surface area contributed by atoms with Gasteiger partial charge in [0.1, 0.15) is 19.2 Å². The van der Waals surface area contributed by atoms with Crippen molar-refractivity contribution >= 4 is 0 Å². The lowest BCUT2D eigenvalue weighted by atomic mass is 10.6. The van der Waals surface area contributed by atoms with Crippen molar-refractivity contribution in [3.05, 3.63) is 24.4 Å². The first kappa shape index (κ1) is 7.87. The number of aromatic nitrogens is 5. The van der Waals surface area contributed by atoms with Gasteiger partial charge in [0.2, 0.25) is 5.89 Å². The summed E-state index contributed by atoms with van der Waals surface area (Å²) in [6.07, 6.45) is 3.03. The van der Waals surface area contributed by atoms with Crippen LogP contribution in [0.3, 0.4) is 0 Å². The second-order valence-electron chi connectivity index (χ2n) is 2.40. The molecule has 0 fully saturated rings. The lowest BCUT2D eigenvalue weighted by molar-refractivity contribution is 0.373. The van der Waals surface area contributed by atoms with E-state index in [9.17, 15) is 0 Å². The minimum atomic E-state index is 0.254. The van der Waals surface area contributed by atoms with Crippen LogP contribution in [0.5, 0.6) is 0 Å². The van der Waals surface area contributed by atoms with Gasteiger partial charge < -0.3 is 10.3 Å². The first-order valence-electron chi connectivity index (χ1n) is 3.72. The average Bonchev–Trinajstić information content (AvgIpc) is 2.76. The Kier molecular flexibility index (Phi) is 2.01. The Hall–Kier alpha value is -1.76. The fourth-order valence-corrected chi connectivity index (χ4v) is 0.897. The molecule has 0 aliphatic rings. The Balaban J connectivity index is 2.10. The molecule has 0 radical (unpaired) electrons. The van der Waals surface area contributed by atoms with Gasteiger partial charge in [0.05, 0.1) is 6.54 Å². The molecule has 2 rings (SSSR count). The number of hydrogen-bond acceptors (Lipinski definition) is 6. The fraction of sp³-hybridized carbons (Fsp3) is 0.333.